The largest absolute Gasteiger partial charge is 0.497 e. The Balaban J connectivity index is 1.54. The number of ether oxygens (including phenoxy) is 1. The lowest BCUT2D eigenvalue weighted by atomic mass is 10.2. The molecule has 4 heterocycles. The van der Waals surface area contributed by atoms with E-state index in [9.17, 15) is 0 Å². The fourth-order valence-electron chi connectivity index (χ4n) is 3.12. The Bertz CT molecular complexity index is 896. The van der Waals surface area contributed by atoms with E-state index in [4.69, 9.17) is 4.74 Å². The van der Waals surface area contributed by atoms with Crippen molar-refractivity contribution in [3.63, 3.8) is 0 Å². The molecular formula is C18H18BrN5O. The summed E-state index contributed by atoms with van der Waals surface area (Å²) >= 11 is 3.46. The Labute approximate surface area is 154 Å². The maximum absolute atomic E-state index is 5.30. The molecular weight excluding hydrogens is 382 g/mol. The van der Waals surface area contributed by atoms with Crippen LogP contribution < -0.4 is 14.5 Å². The molecule has 25 heavy (non-hydrogen) atoms. The Kier molecular flexibility index (Phi) is 4.40. The molecule has 0 saturated carbocycles. The van der Waals surface area contributed by atoms with E-state index >= 15 is 0 Å². The van der Waals surface area contributed by atoms with Gasteiger partial charge in [-0.15, -0.1) is 0 Å². The molecule has 0 aromatic carbocycles. The van der Waals surface area contributed by atoms with E-state index in [-0.39, 0.29) is 0 Å². The molecule has 1 saturated heterocycles. The van der Waals surface area contributed by atoms with E-state index in [2.05, 4.69) is 40.7 Å². The lowest BCUT2D eigenvalue weighted by Gasteiger charge is -2.36. The number of rotatable bonds is 3. The van der Waals surface area contributed by atoms with E-state index in [0.717, 1.165) is 58.9 Å². The molecule has 0 radical (unpaired) electrons. The molecule has 0 bridgehead atoms. The van der Waals surface area contributed by atoms with Crippen molar-refractivity contribution >= 4 is 38.5 Å². The van der Waals surface area contributed by atoms with Crippen molar-refractivity contribution in [2.75, 3.05) is 43.1 Å². The predicted octanol–water partition coefficient (Wildman–Crippen LogP) is 3.12. The summed E-state index contributed by atoms with van der Waals surface area (Å²) < 4.78 is 6.24. The zero-order valence-corrected chi connectivity index (χ0v) is 15.5. The van der Waals surface area contributed by atoms with Crippen LogP contribution in [0.2, 0.25) is 0 Å². The standard InChI is InChI=1S/C18H18BrN5O/c1-25-14-2-4-21-17(11-14)24-8-6-23(7-9-24)16-3-5-20-15-10-13(19)12-22-18(15)16/h2-5,10-12H,6-9H2,1H3. The summed E-state index contributed by atoms with van der Waals surface area (Å²) in [4.78, 5) is 18.1. The second-order valence-electron chi connectivity index (χ2n) is 5.88. The molecule has 1 fully saturated rings. The first-order valence-electron chi connectivity index (χ1n) is 8.15. The van der Waals surface area contributed by atoms with Crippen LogP contribution in [0.25, 0.3) is 11.0 Å². The average molecular weight is 400 g/mol. The molecule has 128 valence electrons. The normalized spacial score (nSPS) is 14.8. The third-order valence-electron chi connectivity index (χ3n) is 4.42. The predicted molar refractivity (Wildman–Crippen MR) is 102 cm³/mol. The van der Waals surface area contributed by atoms with Gasteiger partial charge < -0.3 is 14.5 Å². The molecule has 0 atom stereocenters. The second kappa shape index (κ2) is 6.84. The van der Waals surface area contributed by atoms with Crippen LogP contribution in [-0.2, 0) is 0 Å². The number of anilines is 2. The lowest BCUT2D eigenvalue weighted by Crippen LogP contribution is -2.47. The quantitative estimate of drug-likeness (QED) is 0.674. The Morgan fingerprint density at radius 3 is 2.52 bits per heavy atom. The molecule has 1 aliphatic rings. The zero-order chi connectivity index (χ0) is 17.2. The summed E-state index contributed by atoms with van der Waals surface area (Å²) in [5, 5.41) is 0. The van der Waals surface area contributed by atoms with E-state index in [1.165, 1.54) is 0 Å². The van der Waals surface area contributed by atoms with Gasteiger partial charge in [0.25, 0.3) is 0 Å². The van der Waals surface area contributed by atoms with Gasteiger partial charge in [-0.3, -0.25) is 9.97 Å². The first-order valence-corrected chi connectivity index (χ1v) is 8.94. The molecule has 0 unspecified atom stereocenters. The number of halogens is 1. The third kappa shape index (κ3) is 3.24. The Morgan fingerprint density at radius 1 is 0.960 bits per heavy atom. The highest BCUT2D eigenvalue weighted by atomic mass is 79.9. The number of pyridine rings is 3. The third-order valence-corrected chi connectivity index (χ3v) is 4.85. The van der Waals surface area contributed by atoms with Crippen LogP contribution in [0.15, 0.2) is 47.3 Å². The molecule has 0 amide bonds. The van der Waals surface area contributed by atoms with Crippen molar-refractivity contribution in [2.45, 2.75) is 0 Å². The molecule has 4 rings (SSSR count). The topological polar surface area (TPSA) is 54.4 Å². The number of nitrogens with zero attached hydrogens (tertiary/aromatic N) is 5. The van der Waals surface area contributed by atoms with Gasteiger partial charge in [-0.05, 0) is 34.1 Å². The van der Waals surface area contributed by atoms with Crippen molar-refractivity contribution < 1.29 is 4.74 Å². The summed E-state index contributed by atoms with van der Waals surface area (Å²) in [5.74, 6) is 1.79. The molecule has 3 aromatic rings. The van der Waals surface area contributed by atoms with Crippen LogP contribution in [0.1, 0.15) is 0 Å². The maximum atomic E-state index is 5.30. The van der Waals surface area contributed by atoms with Crippen molar-refractivity contribution in [3.05, 3.63) is 47.3 Å². The van der Waals surface area contributed by atoms with Gasteiger partial charge in [0.2, 0.25) is 0 Å². The van der Waals surface area contributed by atoms with E-state index < -0.39 is 0 Å². The summed E-state index contributed by atoms with van der Waals surface area (Å²) in [5.41, 5.74) is 2.98. The minimum Gasteiger partial charge on any atom is -0.497 e. The Hall–Kier alpha value is -2.41. The summed E-state index contributed by atoms with van der Waals surface area (Å²) in [6, 6.07) is 7.90. The van der Waals surface area contributed by atoms with E-state index in [0.29, 0.717) is 0 Å². The van der Waals surface area contributed by atoms with Crippen LogP contribution in [0.4, 0.5) is 11.5 Å². The van der Waals surface area contributed by atoms with Gasteiger partial charge in [-0.25, -0.2) is 4.98 Å². The lowest BCUT2D eigenvalue weighted by molar-refractivity contribution is 0.414. The summed E-state index contributed by atoms with van der Waals surface area (Å²) in [7, 11) is 1.68. The number of hydrogen-bond acceptors (Lipinski definition) is 6. The van der Waals surface area contributed by atoms with Crippen molar-refractivity contribution in [1.29, 1.82) is 0 Å². The van der Waals surface area contributed by atoms with Crippen LogP contribution in [0.5, 0.6) is 5.75 Å². The second-order valence-corrected chi connectivity index (χ2v) is 6.79. The van der Waals surface area contributed by atoms with Crippen LogP contribution >= 0.6 is 15.9 Å². The fourth-order valence-corrected chi connectivity index (χ4v) is 3.44. The van der Waals surface area contributed by atoms with Gasteiger partial charge in [0.1, 0.15) is 17.1 Å². The number of hydrogen-bond donors (Lipinski definition) is 0. The smallest absolute Gasteiger partial charge is 0.132 e. The highest BCUT2D eigenvalue weighted by molar-refractivity contribution is 9.10. The van der Waals surface area contributed by atoms with Crippen LogP contribution in [0, 0.1) is 0 Å². The van der Waals surface area contributed by atoms with Gasteiger partial charge in [-0.2, -0.15) is 0 Å². The molecule has 3 aromatic heterocycles. The minimum absolute atomic E-state index is 0.835. The summed E-state index contributed by atoms with van der Waals surface area (Å²) in [6.45, 7) is 3.63. The van der Waals surface area contributed by atoms with E-state index in [1.54, 1.807) is 13.3 Å². The zero-order valence-electron chi connectivity index (χ0n) is 13.9. The Morgan fingerprint density at radius 2 is 1.72 bits per heavy atom. The van der Waals surface area contributed by atoms with E-state index in [1.807, 2.05) is 36.7 Å². The maximum Gasteiger partial charge on any atom is 0.132 e. The monoisotopic (exact) mass is 399 g/mol. The van der Waals surface area contributed by atoms with Gasteiger partial charge in [-0.1, -0.05) is 0 Å². The van der Waals surface area contributed by atoms with Gasteiger partial charge in [0.15, 0.2) is 0 Å². The average Bonchev–Trinajstić information content (AvgIpc) is 2.67. The van der Waals surface area contributed by atoms with Crippen molar-refractivity contribution in [1.82, 2.24) is 15.0 Å². The number of piperazine rings is 1. The highest BCUT2D eigenvalue weighted by Crippen LogP contribution is 2.27. The van der Waals surface area contributed by atoms with Crippen LogP contribution in [0.3, 0.4) is 0 Å². The molecule has 0 spiro atoms. The molecule has 7 heteroatoms. The fraction of sp³-hybridized carbons (Fsp3) is 0.278. The van der Waals surface area contributed by atoms with Crippen molar-refractivity contribution in [3.8, 4) is 5.75 Å². The molecule has 1 aliphatic heterocycles. The minimum atomic E-state index is 0.835. The molecule has 0 aliphatic carbocycles. The first-order chi connectivity index (χ1) is 12.2. The highest BCUT2D eigenvalue weighted by Gasteiger charge is 2.20. The van der Waals surface area contributed by atoms with Gasteiger partial charge in [0, 0.05) is 55.3 Å². The molecule has 0 N–H and O–H groups in total. The number of aromatic nitrogens is 3. The first kappa shape index (κ1) is 16.1. The number of methoxy groups -OCH3 is 1. The van der Waals surface area contributed by atoms with Crippen molar-refractivity contribution in [2.24, 2.45) is 0 Å². The SMILES string of the molecule is COc1ccnc(N2CCN(c3ccnc4cc(Br)cnc34)CC2)c1. The van der Waals surface area contributed by atoms with Gasteiger partial charge >= 0.3 is 0 Å². The van der Waals surface area contributed by atoms with Crippen LogP contribution in [-0.4, -0.2) is 48.2 Å². The molecule has 6 nitrogen and oxygen atoms in total. The summed E-state index contributed by atoms with van der Waals surface area (Å²) in [6.07, 6.45) is 5.46. The number of fused-ring (bicyclic) bond motifs is 1. The van der Waals surface area contributed by atoms with Gasteiger partial charge in [0.05, 0.1) is 18.3 Å².